The van der Waals surface area contributed by atoms with Gasteiger partial charge in [0, 0.05) is 5.56 Å². The van der Waals surface area contributed by atoms with Gasteiger partial charge >= 0.3 is 5.97 Å². The summed E-state index contributed by atoms with van der Waals surface area (Å²) < 4.78 is 17.4. The molecule has 0 unspecified atom stereocenters. The molecule has 0 amide bonds. The Morgan fingerprint density at radius 1 is 1.20 bits per heavy atom. The van der Waals surface area contributed by atoms with E-state index >= 15 is 0 Å². The second-order valence-corrected chi connectivity index (χ2v) is 6.66. The molecule has 1 aliphatic heterocycles. The Bertz CT molecular complexity index is 771. The summed E-state index contributed by atoms with van der Waals surface area (Å²) >= 11 is 3.46. The first-order valence-electron chi connectivity index (χ1n) is 8.05. The maximum absolute atomic E-state index is 11.6. The number of halogens is 1. The average Bonchev–Trinajstić information content (AvgIpc) is 3.00. The number of ether oxygens (including phenoxy) is 3. The highest BCUT2D eigenvalue weighted by atomic mass is 79.9. The van der Waals surface area contributed by atoms with Gasteiger partial charge in [-0.3, -0.25) is 0 Å². The van der Waals surface area contributed by atoms with Crippen LogP contribution in [0.3, 0.4) is 0 Å². The SMILES string of the molecule is C=C(CCOCc1ccccc1)COc1c(Br)ccc2c1COC2=O. The predicted octanol–water partition coefficient (Wildman–Crippen LogP) is 4.66. The van der Waals surface area contributed by atoms with Crippen LogP contribution in [0.1, 0.15) is 27.9 Å². The van der Waals surface area contributed by atoms with Crippen molar-refractivity contribution in [3.8, 4) is 5.75 Å². The number of esters is 1. The molecule has 0 aliphatic carbocycles. The van der Waals surface area contributed by atoms with Crippen LogP contribution >= 0.6 is 15.9 Å². The zero-order valence-electron chi connectivity index (χ0n) is 13.8. The molecule has 130 valence electrons. The Morgan fingerprint density at radius 2 is 2.00 bits per heavy atom. The molecule has 5 heteroatoms. The molecule has 0 spiro atoms. The highest BCUT2D eigenvalue weighted by Crippen LogP contribution is 2.36. The minimum atomic E-state index is -0.305. The number of benzene rings is 2. The van der Waals surface area contributed by atoms with Crippen LogP contribution in [0.5, 0.6) is 5.75 Å². The van der Waals surface area contributed by atoms with Gasteiger partial charge in [0.15, 0.2) is 0 Å². The molecule has 0 N–H and O–H groups in total. The van der Waals surface area contributed by atoms with Crippen molar-refractivity contribution in [2.24, 2.45) is 0 Å². The third-order valence-electron chi connectivity index (χ3n) is 3.91. The van der Waals surface area contributed by atoms with E-state index in [0.717, 1.165) is 27.6 Å². The van der Waals surface area contributed by atoms with Gasteiger partial charge in [-0.25, -0.2) is 4.79 Å². The van der Waals surface area contributed by atoms with Crippen LogP contribution in [0.2, 0.25) is 0 Å². The van der Waals surface area contributed by atoms with Gasteiger partial charge in [-0.1, -0.05) is 36.9 Å². The van der Waals surface area contributed by atoms with Crippen molar-refractivity contribution in [3.05, 3.63) is 75.8 Å². The van der Waals surface area contributed by atoms with Crippen LogP contribution < -0.4 is 4.74 Å². The molecule has 4 nitrogen and oxygen atoms in total. The molecule has 1 heterocycles. The number of carbonyl (C=O) groups is 1. The number of cyclic esters (lactones) is 1. The molecule has 1 aliphatic rings. The maximum Gasteiger partial charge on any atom is 0.339 e. The lowest BCUT2D eigenvalue weighted by molar-refractivity contribution is 0.0534. The first-order valence-corrected chi connectivity index (χ1v) is 8.84. The Kier molecular flexibility index (Phi) is 5.89. The average molecular weight is 403 g/mol. The van der Waals surface area contributed by atoms with Crippen molar-refractivity contribution < 1.29 is 19.0 Å². The van der Waals surface area contributed by atoms with Gasteiger partial charge in [0.2, 0.25) is 0 Å². The van der Waals surface area contributed by atoms with Crippen LogP contribution in [-0.2, 0) is 22.7 Å². The van der Waals surface area contributed by atoms with E-state index in [9.17, 15) is 4.79 Å². The Labute approximate surface area is 155 Å². The lowest BCUT2D eigenvalue weighted by Gasteiger charge is -2.13. The molecule has 0 saturated heterocycles. The van der Waals surface area contributed by atoms with Crippen LogP contribution in [0.4, 0.5) is 0 Å². The minimum absolute atomic E-state index is 0.246. The molecule has 3 rings (SSSR count). The standard InChI is InChI=1S/C20H19BrO4/c1-14(9-10-23-12-15-5-3-2-4-6-15)11-24-19-17-13-25-20(22)16(17)7-8-18(19)21/h2-8H,1,9-13H2. The molecule has 2 aromatic rings. The van der Waals surface area contributed by atoms with Gasteiger partial charge in [0.25, 0.3) is 0 Å². The number of hydrogen-bond acceptors (Lipinski definition) is 4. The first kappa shape index (κ1) is 17.7. The summed E-state index contributed by atoms with van der Waals surface area (Å²) in [7, 11) is 0. The quantitative estimate of drug-likeness (QED) is 0.365. The number of rotatable bonds is 8. The van der Waals surface area contributed by atoms with Gasteiger partial charge in [0.1, 0.15) is 19.0 Å². The Balaban J connectivity index is 1.46. The Morgan fingerprint density at radius 3 is 2.80 bits per heavy atom. The van der Waals surface area contributed by atoms with E-state index in [1.807, 2.05) is 30.3 Å². The monoisotopic (exact) mass is 402 g/mol. The van der Waals surface area contributed by atoms with E-state index in [-0.39, 0.29) is 12.6 Å². The molecular weight excluding hydrogens is 384 g/mol. The predicted molar refractivity (Wildman–Crippen MR) is 98.6 cm³/mol. The van der Waals surface area contributed by atoms with E-state index in [1.54, 1.807) is 12.1 Å². The van der Waals surface area contributed by atoms with Gasteiger partial charge in [-0.2, -0.15) is 0 Å². The van der Waals surface area contributed by atoms with Crippen molar-refractivity contribution in [1.82, 2.24) is 0 Å². The van der Waals surface area contributed by atoms with Crippen molar-refractivity contribution in [3.63, 3.8) is 0 Å². The van der Waals surface area contributed by atoms with Crippen LogP contribution in [0.15, 0.2) is 59.1 Å². The second kappa shape index (κ2) is 8.32. The highest BCUT2D eigenvalue weighted by molar-refractivity contribution is 9.10. The number of hydrogen-bond donors (Lipinski definition) is 0. The summed E-state index contributed by atoms with van der Waals surface area (Å²) in [5, 5.41) is 0. The molecule has 0 fully saturated rings. The van der Waals surface area contributed by atoms with E-state index in [0.29, 0.717) is 31.1 Å². The lowest BCUT2D eigenvalue weighted by atomic mass is 10.1. The van der Waals surface area contributed by atoms with Crippen molar-refractivity contribution in [1.29, 1.82) is 0 Å². The lowest BCUT2D eigenvalue weighted by Crippen LogP contribution is -2.06. The fourth-order valence-corrected chi connectivity index (χ4v) is 3.02. The van der Waals surface area contributed by atoms with Crippen LogP contribution in [0.25, 0.3) is 0 Å². The second-order valence-electron chi connectivity index (χ2n) is 5.81. The normalized spacial score (nSPS) is 12.6. The topological polar surface area (TPSA) is 44.8 Å². The highest BCUT2D eigenvalue weighted by Gasteiger charge is 2.26. The Hall–Kier alpha value is -2.11. The summed E-state index contributed by atoms with van der Waals surface area (Å²) in [4.78, 5) is 11.6. The fourth-order valence-electron chi connectivity index (χ4n) is 2.53. The summed E-state index contributed by atoms with van der Waals surface area (Å²) in [5.74, 6) is 0.343. The van der Waals surface area contributed by atoms with Gasteiger partial charge < -0.3 is 14.2 Å². The van der Waals surface area contributed by atoms with Crippen LogP contribution in [0, 0.1) is 0 Å². The number of fused-ring (bicyclic) bond motifs is 1. The summed E-state index contributed by atoms with van der Waals surface area (Å²) in [5.41, 5.74) is 3.43. The smallest absolute Gasteiger partial charge is 0.339 e. The maximum atomic E-state index is 11.6. The van der Waals surface area contributed by atoms with E-state index < -0.39 is 0 Å². The zero-order chi connectivity index (χ0) is 17.6. The van der Waals surface area contributed by atoms with Crippen LogP contribution in [-0.4, -0.2) is 19.2 Å². The molecule has 2 aromatic carbocycles. The largest absolute Gasteiger partial charge is 0.488 e. The van der Waals surface area contributed by atoms with E-state index in [4.69, 9.17) is 14.2 Å². The van der Waals surface area contributed by atoms with Crippen molar-refractivity contribution in [2.45, 2.75) is 19.6 Å². The molecule has 0 saturated carbocycles. The third kappa shape index (κ3) is 4.50. The van der Waals surface area contributed by atoms with E-state index in [1.165, 1.54) is 0 Å². The summed E-state index contributed by atoms with van der Waals surface area (Å²) in [6.07, 6.45) is 0.717. The van der Waals surface area contributed by atoms with E-state index in [2.05, 4.69) is 22.5 Å². The summed E-state index contributed by atoms with van der Waals surface area (Å²) in [6.45, 7) is 5.83. The van der Waals surface area contributed by atoms with Crippen molar-refractivity contribution in [2.75, 3.05) is 13.2 Å². The molecule has 0 aromatic heterocycles. The van der Waals surface area contributed by atoms with Crippen molar-refractivity contribution >= 4 is 21.9 Å². The van der Waals surface area contributed by atoms with Gasteiger partial charge in [-0.15, -0.1) is 0 Å². The number of carbonyl (C=O) groups excluding carboxylic acids is 1. The first-order chi connectivity index (χ1) is 12.1. The minimum Gasteiger partial charge on any atom is -0.488 e. The molecular formula is C20H19BrO4. The molecule has 0 bridgehead atoms. The fraction of sp³-hybridized carbons (Fsp3) is 0.250. The molecule has 25 heavy (non-hydrogen) atoms. The summed E-state index contributed by atoms with van der Waals surface area (Å²) in [6, 6.07) is 13.6. The van der Waals surface area contributed by atoms with Gasteiger partial charge in [0.05, 0.1) is 23.2 Å². The molecule has 0 atom stereocenters. The van der Waals surface area contributed by atoms with Gasteiger partial charge in [-0.05, 0) is 45.6 Å². The zero-order valence-corrected chi connectivity index (χ0v) is 15.4. The third-order valence-corrected chi connectivity index (χ3v) is 4.54. The molecule has 0 radical (unpaired) electrons.